The van der Waals surface area contributed by atoms with E-state index >= 15 is 0 Å². The van der Waals surface area contributed by atoms with E-state index in [9.17, 15) is 0 Å². The minimum absolute atomic E-state index is 0.585. The van der Waals surface area contributed by atoms with Gasteiger partial charge in [0.1, 0.15) is 0 Å². The fraction of sp³-hybridized carbons (Fsp3) is 0.571. The lowest BCUT2D eigenvalue weighted by molar-refractivity contribution is 0.000864. The second kappa shape index (κ2) is 11.4. The maximum absolute atomic E-state index is 5.51. The Morgan fingerprint density at radius 2 is 1.53 bits per heavy atom. The van der Waals surface area contributed by atoms with Crippen LogP contribution in [-0.4, -0.2) is 46.8 Å². The Morgan fingerprint density at radius 1 is 0.895 bits per heavy atom. The highest BCUT2D eigenvalue weighted by molar-refractivity contribution is 9.10. The zero-order valence-corrected chi connectivity index (χ0v) is 12.9. The third-order valence-corrected chi connectivity index (χ3v) is 2.83. The molecular weight excluding hydrogens is 312 g/mol. The molecule has 0 atom stereocenters. The van der Waals surface area contributed by atoms with Crippen LogP contribution in [0.2, 0.25) is 0 Å². The molecule has 0 aliphatic rings. The number of ether oxygens (including phenoxy) is 4. The average Bonchev–Trinajstić information content (AvgIpc) is 2.41. The zero-order valence-electron chi connectivity index (χ0n) is 11.3. The molecule has 0 saturated carbocycles. The molecule has 0 amide bonds. The second-order valence-electron chi connectivity index (χ2n) is 3.90. The van der Waals surface area contributed by atoms with Crippen LogP contribution in [0.5, 0.6) is 0 Å². The van der Waals surface area contributed by atoms with Gasteiger partial charge in [-0.25, -0.2) is 0 Å². The maximum Gasteiger partial charge on any atom is 0.0718 e. The van der Waals surface area contributed by atoms with Gasteiger partial charge in [-0.3, -0.25) is 0 Å². The molecule has 0 aliphatic carbocycles. The quantitative estimate of drug-likeness (QED) is 0.584. The minimum Gasteiger partial charge on any atom is -0.382 e. The van der Waals surface area contributed by atoms with Crippen molar-refractivity contribution in [3.05, 3.63) is 34.3 Å². The number of halogens is 1. The Bertz CT molecular complexity index is 333. The van der Waals surface area contributed by atoms with E-state index in [0.29, 0.717) is 46.2 Å². The smallest absolute Gasteiger partial charge is 0.0718 e. The summed E-state index contributed by atoms with van der Waals surface area (Å²) >= 11 is 3.43. The van der Waals surface area contributed by atoms with Crippen molar-refractivity contribution < 1.29 is 18.9 Å². The third kappa shape index (κ3) is 9.13. The Hall–Kier alpha value is -0.460. The molecule has 19 heavy (non-hydrogen) atoms. The predicted molar refractivity (Wildman–Crippen MR) is 77.3 cm³/mol. The van der Waals surface area contributed by atoms with Gasteiger partial charge in [0.15, 0.2) is 0 Å². The van der Waals surface area contributed by atoms with Crippen LogP contribution in [0, 0.1) is 0 Å². The van der Waals surface area contributed by atoms with E-state index in [1.165, 1.54) is 0 Å². The van der Waals surface area contributed by atoms with Crippen LogP contribution in [0.25, 0.3) is 0 Å². The molecule has 0 aromatic heterocycles. The Balaban J connectivity index is 1.89. The normalized spacial score (nSPS) is 10.8. The standard InChI is InChI=1S/C14H21BrO4/c1-16-5-6-17-7-8-18-9-10-19-12-13-3-2-4-14(15)11-13/h2-4,11H,5-10,12H2,1H3. The SMILES string of the molecule is COCCOCCOCCOCc1cccc(Br)c1. The molecule has 0 aliphatic heterocycles. The molecule has 0 radical (unpaired) electrons. The summed E-state index contributed by atoms with van der Waals surface area (Å²) in [4.78, 5) is 0. The van der Waals surface area contributed by atoms with Crippen LogP contribution >= 0.6 is 15.9 Å². The van der Waals surface area contributed by atoms with E-state index in [1.807, 2.05) is 24.3 Å². The summed E-state index contributed by atoms with van der Waals surface area (Å²) in [5.74, 6) is 0. The predicted octanol–water partition coefficient (Wildman–Crippen LogP) is 2.65. The summed E-state index contributed by atoms with van der Waals surface area (Å²) in [6.45, 7) is 4.19. The first-order chi connectivity index (χ1) is 9.33. The first-order valence-corrected chi connectivity index (χ1v) is 7.09. The van der Waals surface area contributed by atoms with Crippen molar-refractivity contribution >= 4 is 15.9 Å². The highest BCUT2D eigenvalue weighted by Crippen LogP contribution is 2.12. The highest BCUT2D eigenvalue weighted by Gasteiger charge is 1.95. The maximum atomic E-state index is 5.51. The van der Waals surface area contributed by atoms with Crippen LogP contribution in [-0.2, 0) is 25.6 Å². The van der Waals surface area contributed by atoms with E-state index in [0.717, 1.165) is 10.0 Å². The largest absolute Gasteiger partial charge is 0.382 e. The average molecular weight is 333 g/mol. The van der Waals surface area contributed by atoms with Crippen molar-refractivity contribution in [1.29, 1.82) is 0 Å². The molecule has 108 valence electrons. The van der Waals surface area contributed by atoms with Gasteiger partial charge in [0, 0.05) is 11.6 Å². The summed E-state index contributed by atoms with van der Waals surface area (Å²) in [6.07, 6.45) is 0. The second-order valence-corrected chi connectivity index (χ2v) is 4.82. The minimum atomic E-state index is 0.585. The van der Waals surface area contributed by atoms with Crippen LogP contribution in [0.1, 0.15) is 5.56 Å². The summed E-state index contributed by atoms with van der Waals surface area (Å²) in [5.41, 5.74) is 1.15. The van der Waals surface area contributed by atoms with Gasteiger partial charge in [-0.15, -0.1) is 0 Å². The molecule has 0 N–H and O–H groups in total. The van der Waals surface area contributed by atoms with Gasteiger partial charge in [0.2, 0.25) is 0 Å². The van der Waals surface area contributed by atoms with Gasteiger partial charge in [0.05, 0.1) is 46.2 Å². The zero-order chi connectivity index (χ0) is 13.8. The number of hydrogen-bond acceptors (Lipinski definition) is 4. The Morgan fingerprint density at radius 3 is 2.16 bits per heavy atom. The van der Waals surface area contributed by atoms with Gasteiger partial charge in [-0.05, 0) is 17.7 Å². The highest BCUT2D eigenvalue weighted by atomic mass is 79.9. The van der Waals surface area contributed by atoms with Crippen LogP contribution in [0.3, 0.4) is 0 Å². The number of benzene rings is 1. The lowest BCUT2D eigenvalue weighted by Crippen LogP contribution is -2.11. The first kappa shape index (κ1) is 16.6. The topological polar surface area (TPSA) is 36.9 Å². The van der Waals surface area contributed by atoms with Crippen molar-refractivity contribution in [3.63, 3.8) is 0 Å². The molecule has 0 bridgehead atoms. The Labute approximate surface area is 123 Å². The fourth-order valence-corrected chi connectivity index (χ4v) is 1.85. The number of rotatable bonds is 11. The van der Waals surface area contributed by atoms with Gasteiger partial charge in [-0.2, -0.15) is 0 Å². The summed E-state index contributed by atoms with van der Waals surface area (Å²) in [6, 6.07) is 8.08. The van der Waals surface area contributed by atoms with Gasteiger partial charge >= 0.3 is 0 Å². The molecular formula is C14H21BrO4. The molecule has 1 aromatic rings. The monoisotopic (exact) mass is 332 g/mol. The summed E-state index contributed by atoms with van der Waals surface area (Å²) < 4.78 is 22.1. The van der Waals surface area contributed by atoms with Crippen molar-refractivity contribution in [1.82, 2.24) is 0 Å². The van der Waals surface area contributed by atoms with Crippen LogP contribution < -0.4 is 0 Å². The van der Waals surface area contributed by atoms with Gasteiger partial charge in [0.25, 0.3) is 0 Å². The number of hydrogen-bond donors (Lipinski definition) is 0. The van der Waals surface area contributed by atoms with Gasteiger partial charge < -0.3 is 18.9 Å². The van der Waals surface area contributed by atoms with Crippen molar-refractivity contribution in [2.75, 3.05) is 46.8 Å². The van der Waals surface area contributed by atoms with Crippen molar-refractivity contribution in [3.8, 4) is 0 Å². The molecule has 4 nitrogen and oxygen atoms in total. The van der Waals surface area contributed by atoms with E-state index in [2.05, 4.69) is 15.9 Å². The molecule has 0 unspecified atom stereocenters. The molecule has 0 heterocycles. The fourth-order valence-electron chi connectivity index (χ4n) is 1.40. The van der Waals surface area contributed by atoms with E-state index in [4.69, 9.17) is 18.9 Å². The molecule has 1 aromatic carbocycles. The van der Waals surface area contributed by atoms with Gasteiger partial charge in [-0.1, -0.05) is 28.1 Å². The van der Waals surface area contributed by atoms with E-state index in [-0.39, 0.29) is 0 Å². The molecule has 5 heteroatoms. The summed E-state index contributed by atoms with van der Waals surface area (Å²) in [5, 5.41) is 0. The van der Waals surface area contributed by atoms with E-state index in [1.54, 1.807) is 7.11 Å². The molecule has 0 saturated heterocycles. The molecule has 0 spiro atoms. The lowest BCUT2D eigenvalue weighted by atomic mass is 10.2. The lowest BCUT2D eigenvalue weighted by Gasteiger charge is -2.07. The third-order valence-electron chi connectivity index (χ3n) is 2.33. The Kier molecular flexibility index (Phi) is 9.93. The summed E-state index contributed by atoms with van der Waals surface area (Å²) in [7, 11) is 1.66. The molecule has 0 fully saturated rings. The number of methoxy groups -OCH3 is 1. The molecule has 1 rings (SSSR count). The van der Waals surface area contributed by atoms with Crippen molar-refractivity contribution in [2.24, 2.45) is 0 Å². The van der Waals surface area contributed by atoms with E-state index < -0.39 is 0 Å². The van der Waals surface area contributed by atoms with Crippen LogP contribution in [0.15, 0.2) is 28.7 Å². The van der Waals surface area contributed by atoms with Crippen molar-refractivity contribution in [2.45, 2.75) is 6.61 Å². The van der Waals surface area contributed by atoms with Crippen LogP contribution in [0.4, 0.5) is 0 Å². The first-order valence-electron chi connectivity index (χ1n) is 6.29.